The summed E-state index contributed by atoms with van der Waals surface area (Å²) in [5.74, 6) is -1.24. The normalized spacial score (nSPS) is 13.6. The monoisotopic (exact) mass is 370 g/mol. The summed E-state index contributed by atoms with van der Waals surface area (Å²) in [6.07, 6.45) is 2.81. The van der Waals surface area contributed by atoms with E-state index in [0.29, 0.717) is 19.4 Å². The average molecular weight is 370 g/mol. The smallest absolute Gasteiger partial charge is 0.247 e. The predicted octanol–water partition coefficient (Wildman–Crippen LogP) is 0.256. The molecule has 0 aliphatic heterocycles. The molecule has 3 amide bonds. The average Bonchev–Trinajstić information content (AvgIpc) is 2.57. The predicted molar refractivity (Wildman–Crippen MR) is 101 cm³/mol. The molecule has 0 saturated heterocycles. The molecule has 0 fully saturated rings. The van der Waals surface area contributed by atoms with Gasteiger partial charge in [-0.25, -0.2) is 0 Å². The van der Waals surface area contributed by atoms with Crippen LogP contribution in [0.4, 0.5) is 0 Å². The van der Waals surface area contributed by atoms with E-state index >= 15 is 0 Å². The largest absolute Gasteiger partial charge is 0.371 e. The van der Waals surface area contributed by atoms with Crippen molar-refractivity contribution in [3.05, 3.63) is 12.7 Å². The van der Waals surface area contributed by atoms with Crippen LogP contribution in [0.5, 0.6) is 0 Å². The van der Waals surface area contributed by atoms with E-state index in [9.17, 15) is 14.4 Å². The zero-order valence-corrected chi connectivity index (χ0v) is 16.7. The molecule has 0 bridgehead atoms. The van der Waals surface area contributed by atoms with Crippen molar-refractivity contribution in [1.82, 2.24) is 9.80 Å². The third-order valence-corrected chi connectivity index (χ3v) is 4.25. The van der Waals surface area contributed by atoms with Gasteiger partial charge in [0.15, 0.2) is 0 Å². The van der Waals surface area contributed by atoms with Gasteiger partial charge in [-0.1, -0.05) is 13.0 Å². The number of nitrogens with zero attached hydrogens (tertiary/aromatic N) is 2. The quantitative estimate of drug-likeness (QED) is 0.478. The number of hydrogen-bond acceptors (Lipinski definition) is 5. The first-order valence-corrected chi connectivity index (χ1v) is 8.78. The van der Waals surface area contributed by atoms with E-state index in [2.05, 4.69) is 6.58 Å². The number of nitrogens with two attached hydrogens (primary N) is 2. The van der Waals surface area contributed by atoms with Gasteiger partial charge in [-0.3, -0.25) is 14.4 Å². The first-order valence-electron chi connectivity index (χ1n) is 8.78. The highest BCUT2D eigenvalue weighted by Gasteiger charge is 2.36. The van der Waals surface area contributed by atoms with Crippen molar-refractivity contribution in [2.75, 3.05) is 27.2 Å². The Morgan fingerprint density at radius 1 is 1.19 bits per heavy atom. The van der Waals surface area contributed by atoms with E-state index in [1.165, 1.54) is 23.9 Å². The minimum absolute atomic E-state index is 0.0447. The summed E-state index contributed by atoms with van der Waals surface area (Å²) in [5, 5.41) is 0. The highest BCUT2D eigenvalue weighted by molar-refractivity contribution is 5.91. The number of carbonyl (C=O) groups is 3. The second-order valence-corrected chi connectivity index (χ2v) is 6.94. The van der Waals surface area contributed by atoms with Crippen LogP contribution in [0.25, 0.3) is 0 Å². The second kappa shape index (κ2) is 10.9. The molecule has 2 atom stereocenters. The van der Waals surface area contributed by atoms with E-state index in [1.54, 1.807) is 6.08 Å². The van der Waals surface area contributed by atoms with E-state index in [4.69, 9.17) is 16.2 Å². The molecule has 0 heterocycles. The van der Waals surface area contributed by atoms with Crippen LogP contribution >= 0.6 is 0 Å². The molecule has 0 rings (SSSR count). The van der Waals surface area contributed by atoms with Crippen LogP contribution in [0.1, 0.15) is 40.0 Å². The number of primary amides is 1. The Morgan fingerprint density at radius 2 is 1.77 bits per heavy atom. The number of ether oxygens (including phenoxy) is 1. The van der Waals surface area contributed by atoms with Gasteiger partial charge >= 0.3 is 0 Å². The zero-order valence-electron chi connectivity index (χ0n) is 16.7. The van der Waals surface area contributed by atoms with Crippen molar-refractivity contribution in [2.24, 2.45) is 11.5 Å². The van der Waals surface area contributed by atoms with Gasteiger partial charge in [-0.15, -0.1) is 6.58 Å². The summed E-state index contributed by atoms with van der Waals surface area (Å²) in [4.78, 5) is 39.5. The zero-order chi connectivity index (χ0) is 20.5. The summed E-state index contributed by atoms with van der Waals surface area (Å²) in [5.41, 5.74) is 10.5. The lowest BCUT2D eigenvalue weighted by Gasteiger charge is -2.36. The van der Waals surface area contributed by atoms with Crippen molar-refractivity contribution < 1.29 is 19.1 Å². The Hall–Kier alpha value is -1.93. The molecule has 8 nitrogen and oxygen atoms in total. The molecule has 0 aromatic rings. The maximum Gasteiger partial charge on any atom is 0.247 e. The van der Waals surface area contributed by atoms with Crippen molar-refractivity contribution in [2.45, 2.75) is 57.7 Å². The SMILES string of the molecule is C=CCOC(C)(C)C[C@@H](C(N)=O)N(C)C(=O)[C@@H](CN)N(C)C(=O)CCC. The van der Waals surface area contributed by atoms with Crippen LogP contribution in [0, 0.1) is 0 Å². The Morgan fingerprint density at radius 3 is 2.19 bits per heavy atom. The van der Waals surface area contributed by atoms with Crippen LogP contribution in [-0.2, 0) is 19.1 Å². The molecule has 0 unspecified atom stereocenters. The summed E-state index contributed by atoms with van der Waals surface area (Å²) in [6, 6.07) is -1.73. The number of rotatable bonds is 12. The van der Waals surface area contributed by atoms with Gasteiger partial charge in [-0.2, -0.15) is 0 Å². The number of amides is 3. The summed E-state index contributed by atoms with van der Waals surface area (Å²) < 4.78 is 5.64. The van der Waals surface area contributed by atoms with Gasteiger partial charge < -0.3 is 26.0 Å². The van der Waals surface area contributed by atoms with Crippen molar-refractivity contribution in [1.29, 1.82) is 0 Å². The summed E-state index contributed by atoms with van der Waals surface area (Å²) in [7, 11) is 3.03. The lowest BCUT2D eigenvalue weighted by molar-refractivity contribution is -0.148. The van der Waals surface area contributed by atoms with Crippen LogP contribution in [-0.4, -0.2) is 72.5 Å². The Balaban J connectivity index is 5.34. The fraction of sp³-hybridized carbons (Fsp3) is 0.722. The van der Waals surface area contributed by atoms with Crippen LogP contribution in [0.3, 0.4) is 0 Å². The van der Waals surface area contributed by atoms with Gasteiger partial charge in [0.05, 0.1) is 12.2 Å². The Labute approximate surface area is 156 Å². The molecular formula is C18H34N4O4. The third kappa shape index (κ3) is 7.13. The fourth-order valence-corrected chi connectivity index (χ4v) is 2.61. The van der Waals surface area contributed by atoms with Gasteiger partial charge in [0.1, 0.15) is 12.1 Å². The molecule has 26 heavy (non-hydrogen) atoms. The van der Waals surface area contributed by atoms with Crippen LogP contribution in [0.15, 0.2) is 12.7 Å². The van der Waals surface area contributed by atoms with E-state index in [-0.39, 0.29) is 18.9 Å². The third-order valence-electron chi connectivity index (χ3n) is 4.25. The lowest BCUT2D eigenvalue weighted by atomic mass is 9.96. The molecule has 0 spiro atoms. The molecule has 0 aliphatic carbocycles. The molecule has 150 valence electrons. The molecule has 0 aliphatic rings. The molecule has 0 aromatic carbocycles. The second-order valence-electron chi connectivity index (χ2n) is 6.94. The highest BCUT2D eigenvalue weighted by atomic mass is 16.5. The lowest BCUT2D eigenvalue weighted by Crippen LogP contribution is -2.57. The number of hydrogen-bond donors (Lipinski definition) is 2. The van der Waals surface area contributed by atoms with Crippen LogP contribution in [0.2, 0.25) is 0 Å². The number of likely N-dealkylation sites (N-methyl/N-ethyl adjacent to an activating group) is 2. The highest BCUT2D eigenvalue weighted by Crippen LogP contribution is 2.20. The van der Waals surface area contributed by atoms with Gasteiger partial charge in [0.2, 0.25) is 17.7 Å². The molecule has 8 heteroatoms. The summed E-state index contributed by atoms with van der Waals surface area (Å²) in [6.45, 7) is 9.36. The van der Waals surface area contributed by atoms with Crippen molar-refractivity contribution >= 4 is 17.7 Å². The molecule has 0 aromatic heterocycles. The van der Waals surface area contributed by atoms with Crippen LogP contribution < -0.4 is 11.5 Å². The summed E-state index contributed by atoms with van der Waals surface area (Å²) >= 11 is 0. The number of carbonyl (C=O) groups excluding carboxylic acids is 3. The van der Waals surface area contributed by atoms with E-state index in [0.717, 1.165) is 0 Å². The van der Waals surface area contributed by atoms with Gasteiger partial charge in [0, 0.05) is 33.5 Å². The van der Waals surface area contributed by atoms with Gasteiger partial charge in [-0.05, 0) is 20.3 Å². The minimum Gasteiger partial charge on any atom is -0.371 e. The maximum atomic E-state index is 12.9. The Kier molecular flexibility index (Phi) is 10.1. The molecule has 0 radical (unpaired) electrons. The fourth-order valence-electron chi connectivity index (χ4n) is 2.61. The standard InChI is InChI=1S/C18H34N4O4/c1-7-9-15(23)21(5)14(12-19)17(25)22(6)13(16(20)24)11-18(3,4)26-10-8-2/h8,13-14H,2,7,9-12,19H2,1,3-6H3,(H2,20,24)/t13-,14+/m0/s1. The van der Waals surface area contributed by atoms with Gasteiger partial charge in [0.25, 0.3) is 0 Å². The van der Waals surface area contributed by atoms with E-state index < -0.39 is 29.5 Å². The maximum absolute atomic E-state index is 12.9. The molecular weight excluding hydrogens is 336 g/mol. The first kappa shape index (κ1) is 24.1. The van der Waals surface area contributed by atoms with E-state index in [1.807, 2.05) is 20.8 Å². The first-order chi connectivity index (χ1) is 12.0. The minimum atomic E-state index is -0.883. The molecule has 0 saturated carbocycles. The molecule has 4 N–H and O–H groups in total. The van der Waals surface area contributed by atoms with Crippen molar-refractivity contribution in [3.63, 3.8) is 0 Å². The van der Waals surface area contributed by atoms with Crippen molar-refractivity contribution in [3.8, 4) is 0 Å². The topological polar surface area (TPSA) is 119 Å². The Bertz CT molecular complexity index is 507.